The second kappa shape index (κ2) is 10.1. The lowest BCUT2D eigenvalue weighted by Crippen LogP contribution is -2.52. The van der Waals surface area contributed by atoms with Crippen LogP contribution in [0.1, 0.15) is 39.5 Å². The second-order valence-electron chi connectivity index (χ2n) is 8.40. The first-order chi connectivity index (χ1) is 14.3. The first-order valence-electron chi connectivity index (χ1n) is 10.7. The summed E-state index contributed by atoms with van der Waals surface area (Å²) >= 11 is 5.40. The van der Waals surface area contributed by atoms with Crippen molar-refractivity contribution in [2.45, 2.75) is 39.5 Å². The van der Waals surface area contributed by atoms with Gasteiger partial charge in [0, 0.05) is 57.4 Å². The molecule has 0 aromatic heterocycles. The van der Waals surface area contributed by atoms with Crippen LogP contribution in [0.4, 0.5) is 17.1 Å². The lowest BCUT2D eigenvalue weighted by molar-refractivity contribution is -0.384. The molecule has 0 saturated carbocycles. The molecular weight excluding hydrogens is 402 g/mol. The third-order valence-corrected chi connectivity index (χ3v) is 5.98. The highest BCUT2D eigenvalue weighted by Crippen LogP contribution is 2.34. The Labute approximate surface area is 183 Å². The zero-order valence-electron chi connectivity index (χ0n) is 17.8. The SMILES string of the molecule is CC(C)CC(=O)NC(=S)N1CCN(c2ccc([N+](=O)[O-])c(N3CCCCC3)c2)CC1. The maximum Gasteiger partial charge on any atom is 0.292 e. The standard InChI is InChI=1S/C21H31N5O3S/c1-16(2)14-20(27)22-21(30)25-12-10-23(11-13-25)17-6-7-18(26(28)29)19(15-17)24-8-4-3-5-9-24/h6-7,15-16H,3-5,8-14H2,1-2H3,(H,22,27,30). The van der Waals surface area contributed by atoms with E-state index in [1.807, 2.05) is 30.9 Å². The number of piperazine rings is 1. The smallest absolute Gasteiger partial charge is 0.292 e. The minimum atomic E-state index is -0.288. The van der Waals surface area contributed by atoms with Crippen LogP contribution in [-0.2, 0) is 4.79 Å². The Morgan fingerprint density at radius 1 is 1.10 bits per heavy atom. The van der Waals surface area contributed by atoms with Crippen molar-refractivity contribution in [3.05, 3.63) is 28.3 Å². The highest BCUT2D eigenvalue weighted by atomic mass is 32.1. The van der Waals surface area contributed by atoms with Crippen molar-refractivity contribution in [1.29, 1.82) is 0 Å². The number of hydrogen-bond acceptors (Lipinski definition) is 6. The number of nitrogens with zero attached hydrogens (tertiary/aromatic N) is 4. The Kier molecular flexibility index (Phi) is 7.47. The summed E-state index contributed by atoms with van der Waals surface area (Å²) in [6.07, 6.45) is 3.78. The van der Waals surface area contributed by atoms with Crippen LogP contribution in [0.15, 0.2) is 18.2 Å². The highest BCUT2D eigenvalue weighted by Gasteiger charge is 2.25. The Balaban J connectivity index is 1.64. The fourth-order valence-electron chi connectivity index (χ4n) is 4.04. The lowest BCUT2D eigenvalue weighted by Gasteiger charge is -2.38. The molecule has 0 spiro atoms. The molecular formula is C21H31N5O3S. The minimum absolute atomic E-state index is 0.0426. The molecule has 2 heterocycles. The maximum absolute atomic E-state index is 12.0. The number of carbonyl (C=O) groups is 1. The Bertz CT molecular complexity index is 787. The van der Waals surface area contributed by atoms with Crippen molar-refractivity contribution in [2.75, 3.05) is 49.1 Å². The third-order valence-electron chi connectivity index (χ3n) is 5.62. The van der Waals surface area contributed by atoms with Gasteiger partial charge < -0.3 is 20.0 Å². The van der Waals surface area contributed by atoms with E-state index >= 15 is 0 Å². The molecule has 0 bridgehead atoms. The average molecular weight is 434 g/mol. The van der Waals surface area contributed by atoms with E-state index in [0.29, 0.717) is 30.5 Å². The number of anilines is 2. The van der Waals surface area contributed by atoms with Crippen LogP contribution in [0.2, 0.25) is 0 Å². The van der Waals surface area contributed by atoms with E-state index < -0.39 is 0 Å². The van der Waals surface area contributed by atoms with Crippen LogP contribution < -0.4 is 15.1 Å². The lowest BCUT2D eigenvalue weighted by atomic mass is 10.1. The summed E-state index contributed by atoms with van der Waals surface area (Å²) < 4.78 is 0. The van der Waals surface area contributed by atoms with Crippen molar-refractivity contribution in [3.63, 3.8) is 0 Å². The van der Waals surface area contributed by atoms with E-state index in [0.717, 1.165) is 50.4 Å². The summed E-state index contributed by atoms with van der Waals surface area (Å²) in [6.45, 7) is 8.64. The van der Waals surface area contributed by atoms with Crippen molar-refractivity contribution in [1.82, 2.24) is 10.2 Å². The van der Waals surface area contributed by atoms with Gasteiger partial charge in [-0.15, -0.1) is 0 Å². The number of piperidine rings is 1. The number of rotatable bonds is 5. The summed E-state index contributed by atoms with van der Waals surface area (Å²) in [4.78, 5) is 29.6. The molecule has 0 aliphatic carbocycles. The van der Waals surface area contributed by atoms with Gasteiger partial charge in [0.15, 0.2) is 5.11 Å². The average Bonchev–Trinajstić information content (AvgIpc) is 2.73. The summed E-state index contributed by atoms with van der Waals surface area (Å²) in [5.74, 6) is 0.250. The second-order valence-corrected chi connectivity index (χ2v) is 8.79. The van der Waals surface area contributed by atoms with E-state index in [9.17, 15) is 14.9 Å². The maximum atomic E-state index is 12.0. The van der Waals surface area contributed by atoms with Crippen LogP contribution in [-0.4, -0.2) is 60.1 Å². The third kappa shape index (κ3) is 5.59. The van der Waals surface area contributed by atoms with E-state index in [-0.39, 0.29) is 16.5 Å². The number of benzene rings is 1. The molecule has 8 nitrogen and oxygen atoms in total. The molecule has 0 atom stereocenters. The summed E-state index contributed by atoms with van der Waals surface area (Å²) in [5, 5.41) is 14.8. The van der Waals surface area contributed by atoms with E-state index in [1.165, 1.54) is 6.42 Å². The monoisotopic (exact) mass is 433 g/mol. The molecule has 0 radical (unpaired) electrons. The molecule has 2 saturated heterocycles. The van der Waals surface area contributed by atoms with Gasteiger partial charge in [0.25, 0.3) is 5.69 Å². The van der Waals surface area contributed by atoms with Gasteiger partial charge in [-0.2, -0.15) is 0 Å². The van der Waals surface area contributed by atoms with Gasteiger partial charge in [-0.1, -0.05) is 13.8 Å². The zero-order valence-corrected chi connectivity index (χ0v) is 18.6. The largest absolute Gasteiger partial charge is 0.368 e. The molecule has 0 unspecified atom stereocenters. The van der Waals surface area contributed by atoms with Crippen LogP contribution in [0, 0.1) is 16.0 Å². The first kappa shape index (κ1) is 22.3. The molecule has 9 heteroatoms. The number of hydrogen-bond donors (Lipinski definition) is 1. The number of nitro groups is 1. The van der Waals surface area contributed by atoms with Gasteiger partial charge in [0.1, 0.15) is 5.69 Å². The molecule has 2 aliphatic rings. The van der Waals surface area contributed by atoms with Crippen molar-refractivity contribution in [3.8, 4) is 0 Å². The number of amides is 1. The van der Waals surface area contributed by atoms with Gasteiger partial charge in [-0.25, -0.2) is 0 Å². The molecule has 30 heavy (non-hydrogen) atoms. The minimum Gasteiger partial charge on any atom is -0.368 e. The van der Waals surface area contributed by atoms with E-state index in [2.05, 4.69) is 15.1 Å². The Hall–Kier alpha value is -2.42. The van der Waals surface area contributed by atoms with E-state index in [4.69, 9.17) is 12.2 Å². The Morgan fingerprint density at radius 2 is 1.77 bits per heavy atom. The molecule has 2 aliphatic heterocycles. The zero-order chi connectivity index (χ0) is 21.7. The molecule has 1 aromatic rings. The van der Waals surface area contributed by atoms with Crippen LogP contribution >= 0.6 is 12.2 Å². The van der Waals surface area contributed by atoms with Crippen LogP contribution in [0.25, 0.3) is 0 Å². The molecule has 2 fully saturated rings. The number of nitrogens with one attached hydrogen (secondary N) is 1. The van der Waals surface area contributed by atoms with Gasteiger partial charge in [0.05, 0.1) is 4.92 Å². The summed E-state index contributed by atoms with van der Waals surface area (Å²) in [7, 11) is 0. The number of carbonyl (C=O) groups excluding carboxylic acids is 1. The first-order valence-corrected chi connectivity index (χ1v) is 11.1. The molecule has 164 valence electrons. The van der Waals surface area contributed by atoms with Crippen LogP contribution in [0.3, 0.4) is 0 Å². The fourth-order valence-corrected chi connectivity index (χ4v) is 4.34. The number of nitro benzene ring substituents is 1. The highest BCUT2D eigenvalue weighted by molar-refractivity contribution is 7.80. The Morgan fingerprint density at radius 3 is 2.37 bits per heavy atom. The molecule has 3 rings (SSSR count). The molecule has 1 N–H and O–H groups in total. The predicted molar refractivity (Wildman–Crippen MR) is 123 cm³/mol. The topological polar surface area (TPSA) is 82.0 Å². The summed E-state index contributed by atoms with van der Waals surface area (Å²) in [5.41, 5.74) is 1.89. The van der Waals surface area contributed by atoms with Gasteiger partial charge in [0.2, 0.25) is 5.91 Å². The van der Waals surface area contributed by atoms with Gasteiger partial charge >= 0.3 is 0 Å². The van der Waals surface area contributed by atoms with E-state index in [1.54, 1.807) is 6.07 Å². The van der Waals surface area contributed by atoms with Crippen LogP contribution in [0.5, 0.6) is 0 Å². The molecule has 1 amide bonds. The van der Waals surface area contributed by atoms with Crippen molar-refractivity contribution in [2.24, 2.45) is 5.92 Å². The fraction of sp³-hybridized carbons (Fsp3) is 0.619. The van der Waals surface area contributed by atoms with Gasteiger partial charge in [-0.3, -0.25) is 14.9 Å². The van der Waals surface area contributed by atoms with Crippen molar-refractivity contribution >= 4 is 40.3 Å². The molecule has 1 aromatic carbocycles. The van der Waals surface area contributed by atoms with Crippen molar-refractivity contribution < 1.29 is 9.72 Å². The number of thiocarbonyl (C=S) groups is 1. The quantitative estimate of drug-likeness (QED) is 0.434. The van der Waals surface area contributed by atoms with Gasteiger partial charge in [-0.05, 0) is 49.5 Å². The predicted octanol–water partition coefficient (Wildman–Crippen LogP) is 3.15. The summed E-state index contributed by atoms with van der Waals surface area (Å²) in [6, 6.07) is 5.42. The normalized spacial score (nSPS) is 17.2.